The quantitative estimate of drug-likeness (QED) is 0.391. The topological polar surface area (TPSA) is 146 Å². The van der Waals surface area contributed by atoms with Gasteiger partial charge in [-0.05, 0) is 30.4 Å². The summed E-state index contributed by atoms with van der Waals surface area (Å²) in [7, 11) is -3.50. The van der Waals surface area contributed by atoms with Crippen LogP contribution in [0.25, 0.3) is 10.9 Å². The predicted molar refractivity (Wildman–Crippen MR) is 145 cm³/mol. The first-order chi connectivity index (χ1) is 17.7. The summed E-state index contributed by atoms with van der Waals surface area (Å²) >= 11 is 0. The molecule has 1 saturated heterocycles. The summed E-state index contributed by atoms with van der Waals surface area (Å²) in [5, 5.41) is 17.0. The highest BCUT2D eigenvalue weighted by Crippen LogP contribution is 2.26. The monoisotopic (exact) mass is 544 g/mol. The first-order valence-electron chi connectivity index (χ1n) is 12.5. The lowest BCUT2D eigenvalue weighted by Crippen LogP contribution is -2.63. The van der Waals surface area contributed by atoms with Crippen LogP contribution in [-0.2, 0) is 30.8 Å². The molecule has 2 aromatic rings. The number of sulfone groups is 1. The maximum absolute atomic E-state index is 13.5. The Morgan fingerprint density at radius 1 is 1.18 bits per heavy atom. The molecule has 1 aliphatic heterocycles. The maximum Gasteiger partial charge on any atom is 0.305 e. The van der Waals surface area contributed by atoms with Crippen molar-refractivity contribution in [3.63, 3.8) is 0 Å². The largest absolute Gasteiger partial charge is 0.481 e. The molecule has 3 atom stereocenters. The van der Waals surface area contributed by atoms with Crippen molar-refractivity contribution in [1.29, 1.82) is 0 Å². The number of benzene rings is 1. The van der Waals surface area contributed by atoms with Crippen LogP contribution in [0.4, 0.5) is 0 Å². The number of aromatic nitrogens is 1. The fraction of sp³-hybridized carbons (Fsp3) is 0.481. The molecule has 1 aromatic carbocycles. The molecule has 2 heterocycles. The molecule has 0 bridgehead atoms. The van der Waals surface area contributed by atoms with Gasteiger partial charge in [-0.3, -0.25) is 19.4 Å². The summed E-state index contributed by atoms with van der Waals surface area (Å²) in [6, 6.07) is 9.36. The van der Waals surface area contributed by atoms with Crippen molar-refractivity contribution >= 4 is 38.5 Å². The molecule has 206 valence electrons. The molecule has 11 heteroatoms. The van der Waals surface area contributed by atoms with Crippen molar-refractivity contribution in [2.75, 3.05) is 12.8 Å². The molecule has 3 rings (SSSR count). The van der Waals surface area contributed by atoms with Gasteiger partial charge in [0.25, 0.3) is 0 Å². The van der Waals surface area contributed by atoms with E-state index < -0.39 is 46.3 Å². The minimum Gasteiger partial charge on any atom is -0.481 e. The molecule has 3 unspecified atom stereocenters. The zero-order valence-corrected chi connectivity index (χ0v) is 23.0. The molecule has 1 fully saturated rings. The highest BCUT2D eigenvalue weighted by molar-refractivity contribution is 7.93. The van der Waals surface area contributed by atoms with Gasteiger partial charge in [0.05, 0.1) is 29.7 Å². The summed E-state index contributed by atoms with van der Waals surface area (Å²) < 4.78 is 22.9. The number of nitrogens with zero attached hydrogens (tertiary/aromatic N) is 2. The number of para-hydroxylation sites is 1. The Labute approximate surface area is 223 Å². The van der Waals surface area contributed by atoms with Gasteiger partial charge >= 0.3 is 5.97 Å². The normalized spacial score (nSPS) is 17.7. The van der Waals surface area contributed by atoms with Crippen LogP contribution in [0.2, 0.25) is 0 Å². The van der Waals surface area contributed by atoms with Gasteiger partial charge in [0.15, 0.2) is 9.84 Å². The Hall–Kier alpha value is -3.31. The third-order valence-electron chi connectivity index (χ3n) is 6.19. The average molecular weight is 545 g/mol. The van der Waals surface area contributed by atoms with E-state index >= 15 is 0 Å². The Morgan fingerprint density at radius 2 is 1.89 bits per heavy atom. The first kappa shape index (κ1) is 29.2. The van der Waals surface area contributed by atoms with E-state index in [1.807, 2.05) is 57.2 Å². The summed E-state index contributed by atoms with van der Waals surface area (Å²) in [5.41, 5.74) is 1.49. The van der Waals surface area contributed by atoms with E-state index in [1.54, 1.807) is 0 Å². The van der Waals surface area contributed by atoms with Crippen molar-refractivity contribution in [2.45, 2.75) is 64.7 Å². The zero-order chi connectivity index (χ0) is 28.1. The molecule has 2 amide bonds. The number of hydrogen-bond acceptors (Lipinski definition) is 7. The van der Waals surface area contributed by atoms with E-state index in [0.717, 1.165) is 34.3 Å². The maximum atomic E-state index is 13.5. The Kier molecular flexibility index (Phi) is 9.26. The lowest BCUT2D eigenvalue weighted by Gasteiger charge is -2.42. The van der Waals surface area contributed by atoms with Crippen LogP contribution >= 0.6 is 0 Å². The van der Waals surface area contributed by atoms with Gasteiger partial charge in [-0.25, -0.2) is 8.42 Å². The second-order valence-corrected chi connectivity index (χ2v) is 12.8. The van der Waals surface area contributed by atoms with Gasteiger partial charge in [-0.1, -0.05) is 51.1 Å². The van der Waals surface area contributed by atoms with Crippen LogP contribution in [0.5, 0.6) is 0 Å². The molecular weight excluding hydrogens is 508 g/mol. The van der Waals surface area contributed by atoms with Crippen LogP contribution in [-0.4, -0.2) is 72.1 Å². The number of likely N-dealkylation sites (tertiary alicyclic amines) is 1. The van der Waals surface area contributed by atoms with E-state index in [2.05, 4.69) is 15.6 Å². The van der Waals surface area contributed by atoms with E-state index in [9.17, 15) is 22.8 Å². The average Bonchev–Trinajstić information content (AvgIpc) is 2.77. The second-order valence-electron chi connectivity index (χ2n) is 10.9. The molecule has 0 radical (unpaired) electrons. The number of amides is 2. The van der Waals surface area contributed by atoms with Gasteiger partial charge in [0.1, 0.15) is 6.04 Å². The zero-order valence-electron chi connectivity index (χ0n) is 22.2. The highest BCUT2D eigenvalue weighted by atomic mass is 32.2. The summed E-state index contributed by atoms with van der Waals surface area (Å²) in [6.07, 6.45) is 2.61. The van der Waals surface area contributed by atoms with Crippen LogP contribution in [0.1, 0.15) is 45.7 Å². The van der Waals surface area contributed by atoms with Gasteiger partial charge in [0.2, 0.25) is 11.8 Å². The minimum absolute atomic E-state index is 0.171. The van der Waals surface area contributed by atoms with Gasteiger partial charge in [-0.15, -0.1) is 0 Å². The number of hydrogen-bond donors (Lipinski definition) is 3. The summed E-state index contributed by atoms with van der Waals surface area (Å²) in [6.45, 7) is 6.88. The van der Waals surface area contributed by atoms with E-state index in [-0.39, 0.29) is 11.3 Å². The fourth-order valence-corrected chi connectivity index (χ4v) is 4.76. The van der Waals surface area contributed by atoms with Crippen LogP contribution in [0.15, 0.2) is 47.9 Å². The van der Waals surface area contributed by atoms with Crippen LogP contribution < -0.4 is 10.6 Å². The molecule has 0 spiro atoms. The van der Waals surface area contributed by atoms with Crippen LogP contribution in [0.3, 0.4) is 0 Å². The lowest BCUT2D eigenvalue weighted by molar-refractivity contribution is -0.150. The minimum atomic E-state index is -3.50. The van der Waals surface area contributed by atoms with Gasteiger partial charge in [-0.2, -0.15) is 0 Å². The number of carboxylic acids is 1. The third kappa shape index (κ3) is 8.63. The second kappa shape index (κ2) is 12.0. The van der Waals surface area contributed by atoms with Crippen molar-refractivity contribution < 1.29 is 27.9 Å². The predicted octanol–water partition coefficient (Wildman–Crippen LogP) is 2.25. The van der Waals surface area contributed by atoms with Crippen molar-refractivity contribution in [1.82, 2.24) is 20.5 Å². The Bertz CT molecular complexity index is 1320. The number of aliphatic carboxylic acids is 1. The number of fused-ring (bicyclic) bond motifs is 1. The van der Waals surface area contributed by atoms with Crippen molar-refractivity contribution in [3.05, 3.63) is 53.6 Å². The smallest absolute Gasteiger partial charge is 0.305 e. The number of carbonyl (C=O) groups excluding carboxylic acids is 2. The number of pyridine rings is 1. The highest BCUT2D eigenvalue weighted by Gasteiger charge is 2.41. The molecule has 3 N–H and O–H groups in total. The summed E-state index contributed by atoms with van der Waals surface area (Å²) in [5.74, 6) is -1.92. The number of nitrogens with one attached hydrogen (secondary N) is 2. The van der Waals surface area contributed by atoms with Crippen molar-refractivity contribution in [2.24, 2.45) is 5.41 Å². The standard InChI is InChI=1S/C27H36N4O6S/c1-27(2,3)16-22(28-17-20-10-9-18-7-5-6-8-21(18)29-20)26(35)31-13-11-23(31)25(34)30-19(15-24(32)33)12-14-38(4,36)37/h5-10,12,14,19,22-23,28H,11,13,15-17H2,1-4H3,(H,30,34)(H,32,33). The Morgan fingerprint density at radius 3 is 2.50 bits per heavy atom. The van der Waals surface area contributed by atoms with E-state index in [4.69, 9.17) is 5.11 Å². The molecule has 38 heavy (non-hydrogen) atoms. The molecule has 1 aromatic heterocycles. The Balaban J connectivity index is 1.70. The number of carboxylic acid groups (broad SMARTS) is 1. The molecule has 1 aliphatic rings. The molecule has 0 saturated carbocycles. The molecule has 0 aliphatic carbocycles. The molecule has 10 nitrogen and oxygen atoms in total. The van der Waals surface area contributed by atoms with E-state index in [1.165, 1.54) is 4.90 Å². The number of carbonyl (C=O) groups is 3. The van der Waals surface area contributed by atoms with Gasteiger partial charge in [0, 0.05) is 30.1 Å². The summed E-state index contributed by atoms with van der Waals surface area (Å²) in [4.78, 5) is 43.9. The van der Waals surface area contributed by atoms with Gasteiger partial charge < -0.3 is 20.6 Å². The first-order valence-corrected chi connectivity index (χ1v) is 14.5. The number of rotatable bonds is 11. The molecular formula is C27H36N4O6S. The van der Waals surface area contributed by atoms with Crippen molar-refractivity contribution in [3.8, 4) is 0 Å². The fourth-order valence-electron chi connectivity index (χ4n) is 4.29. The van der Waals surface area contributed by atoms with E-state index in [0.29, 0.717) is 25.9 Å². The van der Waals surface area contributed by atoms with Crippen LogP contribution in [0, 0.1) is 5.41 Å². The lowest BCUT2D eigenvalue weighted by atomic mass is 9.86. The SMILES string of the molecule is CC(C)(C)CC(NCc1ccc2ccccc2n1)C(=O)N1CCC1C(=O)NC(C=CS(C)(=O)=O)CC(=O)O. The third-order valence-corrected chi connectivity index (χ3v) is 6.84.